The van der Waals surface area contributed by atoms with E-state index in [-0.39, 0.29) is 5.97 Å². The summed E-state index contributed by atoms with van der Waals surface area (Å²) in [5.74, 6) is 0.180. The van der Waals surface area contributed by atoms with Crippen molar-refractivity contribution in [3.63, 3.8) is 0 Å². The highest BCUT2D eigenvalue weighted by molar-refractivity contribution is 5.90. The SMILES string of the molecule is CCCCCCCCCOc1cc(C(=O)OC)ccc1N. The first-order valence-electron chi connectivity index (χ1n) is 7.79. The second-order valence-electron chi connectivity index (χ2n) is 5.21. The number of benzene rings is 1. The van der Waals surface area contributed by atoms with E-state index in [1.165, 1.54) is 45.6 Å². The van der Waals surface area contributed by atoms with Crippen molar-refractivity contribution < 1.29 is 14.3 Å². The second kappa shape index (κ2) is 10.1. The maximum atomic E-state index is 11.5. The van der Waals surface area contributed by atoms with E-state index in [0.29, 0.717) is 23.6 Å². The largest absolute Gasteiger partial charge is 0.491 e. The van der Waals surface area contributed by atoms with Crippen LogP contribution in [-0.2, 0) is 4.74 Å². The smallest absolute Gasteiger partial charge is 0.337 e. The van der Waals surface area contributed by atoms with Gasteiger partial charge in [-0.3, -0.25) is 0 Å². The molecule has 1 rings (SSSR count). The molecule has 4 heteroatoms. The molecule has 0 aliphatic heterocycles. The Kier molecular flexibility index (Phi) is 8.32. The molecular formula is C17H27NO3. The minimum atomic E-state index is -0.379. The number of anilines is 1. The molecule has 0 bridgehead atoms. The van der Waals surface area contributed by atoms with Crippen LogP contribution in [-0.4, -0.2) is 19.7 Å². The van der Waals surface area contributed by atoms with E-state index in [1.54, 1.807) is 18.2 Å². The first-order valence-corrected chi connectivity index (χ1v) is 7.79. The van der Waals surface area contributed by atoms with Crippen LogP contribution in [0.3, 0.4) is 0 Å². The molecule has 2 N–H and O–H groups in total. The number of ether oxygens (including phenoxy) is 2. The van der Waals surface area contributed by atoms with Crippen molar-refractivity contribution >= 4 is 11.7 Å². The molecule has 0 heterocycles. The fraction of sp³-hybridized carbons (Fsp3) is 0.588. The third-order valence-electron chi connectivity index (χ3n) is 3.44. The lowest BCUT2D eigenvalue weighted by Crippen LogP contribution is -2.05. The summed E-state index contributed by atoms with van der Waals surface area (Å²) in [4.78, 5) is 11.5. The Labute approximate surface area is 127 Å². The summed E-state index contributed by atoms with van der Waals surface area (Å²) in [6.45, 7) is 2.85. The zero-order chi connectivity index (χ0) is 15.5. The molecule has 4 nitrogen and oxygen atoms in total. The molecule has 0 atom stereocenters. The zero-order valence-electron chi connectivity index (χ0n) is 13.2. The molecule has 0 amide bonds. The number of nitrogens with two attached hydrogens (primary N) is 1. The van der Waals surface area contributed by atoms with Crippen molar-refractivity contribution in [2.24, 2.45) is 0 Å². The highest BCUT2D eigenvalue weighted by Gasteiger charge is 2.09. The Morgan fingerprint density at radius 3 is 2.43 bits per heavy atom. The summed E-state index contributed by atoms with van der Waals surface area (Å²) in [7, 11) is 1.36. The maximum absolute atomic E-state index is 11.5. The molecule has 118 valence electrons. The van der Waals surface area contributed by atoms with Gasteiger partial charge in [-0.15, -0.1) is 0 Å². The summed E-state index contributed by atoms with van der Waals surface area (Å²) >= 11 is 0. The van der Waals surface area contributed by atoms with Crippen LogP contribution in [0.1, 0.15) is 62.2 Å². The van der Waals surface area contributed by atoms with Crippen LogP contribution in [0, 0.1) is 0 Å². The van der Waals surface area contributed by atoms with Crippen LogP contribution in [0.15, 0.2) is 18.2 Å². The predicted octanol–water partition coefficient (Wildman–Crippen LogP) is 4.18. The second-order valence-corrected chi connectivity index (χ2v) is 5.21. The normalized spacial score (nSPS) is 10.4. The number of methoxy groups -OCH3 is 1. The number of rotatable bonds is 10. The van der Waals surface area contributed by atoms with Crippen LogP contribution in [0.4, 0.5) is 5.69 Å². The number of hydrogen-bond donors (Lipinski definition) is 1. The molecule has 0 fully saturated rings. The Morgan fingerprint density at radius 2 is 1.76 bits per heavy atom. The highest BCUT2D eigenvalue weighted by atomic mass is 16.5. The van der Waals surface area contributed by atoms with Crippen molar-refractivity contribution in [3.05, 3.63) is 23.8 Å². The van der Waals surface area contributed by atoms with Crippen LogP contribution in [0.25, 0.3) is 0 Å². The van der Waals surface area contributed by atoms with Gasteiger partial charge in [0.2, 0.25) is 0 Å². The molecule has 0 saturated carbocycles. The monoisotopic (exact) mass is 293 g/mol. The van der Waals surface area contributed by atoms with Crippen LogP contribution in [0.2, 0.25) is 0 Å². The number of nitrogen functional groups attached to an aromatic ring is 1. The van der Waals surface area contributed by atoms with Crippen molar-refractivity contribution in [1.29, 1.82) is 0 Å². The van der Waals surface area contributed by atoms with Crippen LogP contribution < -0.4 is 10.5 Å². The van der Waals surface area contributed by atoms with Gasteiger partial charge in [-0.05, 0) is 24.6 Å². The van der Waals surface area contributed by atoms with E-state index in [9.17, 15) is 4.79 Å². The van der Waals surface area contributed by atoms with E-state index >= 15 is 0 Å². The van der Waals surface area contributed by atoms with E-state index in [4.69, 9.17) is 10.5 Å². The molecule has 1 aromatic rings. The Hall–Kier alpha value is -1.71. The van der Waals surface area contributed by atoms with Crippen molar-refractivity contribution in [3.8, 4) is 5.75 Å². The van der Waals surface area contributed by atoms with Gasteiger partial charge >= 0.3 is 5.97 Å². The molecule has 21 heavy (non-hydrogen) atoms. The van der Waals surface area contributed by atoms with Gasteiger partial charge in [0.05, 0.1) is 25.0 Å². The molecule has 0 aliphatic rings. The van der Waals surface area contributed by atoms with E-state index in [0.717, 1.165) is 6.42 Å². The van der Waals surface area contributed by atoms with E-state index < -0.39 is 0 Å². The average molecular weight is 293 g/mol. The van der Waals surface area contributed by atoms with E-state index in [1.807, 2.05) is 0 Å². The van der Waals surface area contributed by atoms with E-state index in [2.05, 4.69) is 11.7 Å². The average Bonchev–Trinajstić information content (AvgIpc) is 2.50. The lowest BCUT2D eigenvalue weighted by Gasteiger charge is -2.10. The Bertz CT molecular complexity index is 432. The van der Waals surface area contributed by atoms with Gasteiger partial charge in [-0.1, -0.05) is 45.4 Å². The third-order valence-corrected chi connectivity index (χ3v) is 3.44. The first-order chi connectivity index (χ1) is 10.2. The van der Waals surface area contributed by atoms with Crippen LogP contribution >= 0.6 is 0 Å². The van der Waals surface area contributed by atoms with Gasteiger partial charge in [-0.25, -0.2) is 4.79 Å². The number of unbranched alkanes of at least 4 members (excludes halogenated alkanes) is 6. The number of esters is 1. The lowest BCUT2D eigenvalue weighted by atomic mass is 10.1. The standard InChI is InChI=1S/C17H27NO3/c1-3-4-5-6-7-8-9-12-21-16-13-14(17(19)20-2)10-11-15(16)18/h10-11,13H,3-9,12,18H2,1-2H3. The quantitative estimate of drug-likeness (QED) is 0.399. The molecule has 0 unspecified atom stereocenters. The Morgan fingerprint density at radius 1 is 1.10 bits per heavy atom. The molecule has 0 saturated heterocycles. The van der Waals surface area contributed by atoms with Crippen molar-refractivity contribution in [1.82, 2.24) is 0 Å². The van der Waals surface area contributed by atoms with Crippen molar-refractivity contribution in [2.75, 3.05) is 19.5 Å². The highest BCUT2D eigenvalue weighted by Crippen LogP contribution is 2.23. The minimum absolute atomic E-state index is 0.379. The molecule has 0 radical (unpaired) electrons. The van der Waals surface area contributed by atoms with Gasteiger partial charge < -0.3 is 15.2 Å². The molecule has 0 spiro atoms. The number of carbonyl (C=O) groups is 1. The first kappa shape index (κ1) is 17.3. The summed E-state index contributed by atoms with van der Waals surface area (Å²) < 4.78 is 10.4. The summed E-state index contributed by atoms with van der Waals surface area (Å²) in [6, 6.07) is 4.95. The fourth-order valence-corrected chi connectivity index (χ4v) is 2.15. The maximum Gasteiger partial charge on any atom is 0.337 e. The summed E-state index contributed by atoms with van der Waals surface area (Å²) in [5.41, 5.74) is 6.86. The van der Waals surface area contributed by atoms with Gasteiger partial charge in [0.1, 0.15) is 5.75 Å². The molecule has 0 aromatic heterocycles. The number of carbonyl (C=O) groups excluding carboxylic acids is 1. The van der Waals surface area contributed by atoms with Gasteiger partial charge in [0.25, 0.3) is 0 Å². The minimum Gasteiger partial charge on any atom is -0.491 e. The molecular weight excluding hydrogens is 266 g/mol. The van der Waals surface area contributed by atoms with Gasteiger partial charge in [0.15, 0.2) is 0 Å². The third kappa shape index (κ3) is 6.52. The lowest BCUT2D eigenvalue weighted by molar-refractivity contribution is 0.0600. The summed E-state index contributed by atoms with van der Waals surface area (Å²) in [5, 5.41) is 0. The molecule has 1 aromatic carbocycles. The topological polar surface area (TPSA) is 61.5 Å². The number of hydrogen-bond acceptors (Lipinski definition) is 4. The van der Waals surface area contributed by atoms with Gasteiger partial charge in [-0.2, -0.15) is 0 Å². The summed E-state index contributed by atoms with van der Waals surface area (Å²) in [6.07, 6.45) is 8.65. The van der Waals surface area contributed by atoms with Gasteiger partial charge in [0, 0.05) is 0 Å². The van der Waals surface area contributed by atoms with Crippen LogP contribution in [0.5, 0.6) is 5.75 Å². The van der Waals surface area contributed by atoms with Crippen molar-refractivity contribution in [2.45, 2.75) is 51.9 Å². The fourth-order valence-electron chi connectivity index (χ4n) is 2.15. The predicted molar refractivity (Wildman–Crippen MR) is 85.7 cm³/mol. The zero-order valence-corrected chi connectivity index (χ0v) is 13.2. The molecule has 0 aliphatic carbocycles. The Balaban J connectivity index is 2.29.